The molecular weight excluding hydrogens is 376 g/mol. The minimum atomic E-state index is -1.04. The van der Waals surface area contributed by atoms with Gasteiger partial charge in [-0.15, -0.1) is 0 Å². The van der Waals surface area contributed by atoms with Crippen LogP contribution >= 0.6 is 0 Å². The fourth-order valence-electron chi connectivity index (χ4n) is 4.67. The lowest BCUT2D eigenvalue weighted by Gasteiger charge is -2.34. The predicted molar refractivity (Wildman–Crippen MR) is 119 cm³/mol. The molecule has 30 heavy (non-hydrogen) atoms. The van der Waals surface area contributed by atoms with Gasteiger partial charge in [-0.25, -0.2) is 9.78 Å². The molecule has 1 N–H and O–H groups in total. The number of carboxylic acids is 1. The van der Waals surface area contributed by atoms with Crippen LogP contribution in [-0.2, 0) is 0 Å². The Hall–Kier alpha value is -2.89. The summed E-state index contributed by atoms with van der Waals surface area (Å²) in [4.78, 5) is 18.5. The fraction of sp³-hybridized carbons (Fsp3) is 0.458. The van der Waals surface area contributed by atoms with E-state index in [2.05, 4.69) is 62.0 Å². The van der Waals surface area contributed by atoms with E-state index in [0.717, 1.165) is 41.2 Å². The number of nitrogens with zero attached hydrogens (tertiary/aromatic N) is 4. The zero-order chi connectivity index (χ0) is 21.6. The van der Waals surface area contributed by atoms with Gasteiger partial charge in [0, 0.05) is 36.5 Å². The van der Waals surface area contributed by atoms with Crippen LogP contribution in [0.5, 0.6) is 0 Å². The molecule has 1 saturated carbocycles. The van der Waals surface area contributed by atoms with Crippen molar-refractivity contribution in [1.82, 2.24) is 14.6 Å². The highest BCUT2D eigenvalue weighted by Gasteiger charge is 2.29. The highest BCUT2D eigenvalue weighted by molar-refractivity contribution is 5.87. The van der Waals surface area contributed by atoms with Crippen molar-refractivity contribution in [3.63, 3.8) is 0 Å². The maximum absolute atomic E-state index is 11.6. The van der Waals surface area contributed by atoms with E-state index in [-0.39, 0.29) is 5.69 Å². The van der Waals surface area contributed by atoms with Gasteiger partial charge in [0.25, 0.3) is 0 Å². The van der Waals surface area contributed by atoms with Gasteiger partial charge in [-0.05, 0) is 56.1 Å². The molecule has 6 nitrogen and oxygen atoms in total. The number of hydrogen-bond acceptors (Lipinski definition) is 4. The first-order valence-electron chi connectivity index (χ1n) is 10.6. The van der Waals surface area contributed by atoms with E-state index in [1.165, 1.54) is 12.8 Å². The second-order valence-electron chi connectivity index (χ2n) is 9.38. The highest BCUT2D eigenvalue weighted by atomic mass is 16.4. The Bertz CT molecular complexity index is 1090. The summed E-state index contributed by atoms with van der Waals surface area (Å²) in [6.45, 7) is 8.84. The second-order valence-corrected chi connectivity index (χ2v) is 9.38. The van der Waals surface area contributed by atoms with Crippen molar-refractivity contribution in [1.29, 1.82) is 0 Å². The normalized spacial score (nSPS) is 16.7. The Labute approximate surface area is 177 Å². The molecule has 1 aliphatic rings. The molecule has 1 fully saturated rings. The van der Waals surface area contributed by atoms with Crippen LogP contribution in [0.1, 0.15) is 72.8 Å². The quantitative estimate of drug-likeness (QED) is 0.620. The average molecular weight is 407 g/mol. The number of anilines is 2. The van der Waals surface area contributed by atoms with Crippen molar-refractivity contribution < 1.29 is 9.90 Å². The second kappa shape index (κ2) is 7.42. The maximum atomic E-state index is 11.6. The minimum Gasteiger partial charge on any atom is -0.476 e. The van der Waals surface area contributed by atoms with Crippen molar-refractivity contribution in [2.24, 2.45) is 5.41 Å². The van der Waals surface area contributed by atoms with Crippen LogP contribution in [0.4, 0.5) is 11.5 Å². The number of carbonyl (C=O) groups is 1. The summed E-state index contributed by atoms with van der Waals surface area (Å²) < 4.78 is 1.66. The number of fused-ring (bicyclic) bond motifs is 1. The van der Waals surface area contributed by atoms with E-state index < -0.39 is 5.97 Å². The standard InChI is InChI=1S/C24H30N4O2/c1-15-7-6-8-16(2)22(15)27(5)21-14-18(17-9-11-24(3,4)12-10-17)25-20-13-19(23(29)30)26-28(20)21/h6-8,13-14,17H,9-12H2,1-5H3,(H,29,30). The lowest BCUT2D eigenvalue weighted by atomic mass is 9.72. The average Bonchev–Trinajstić information content (AvgIpc) is 3.11. The number of hydrogen-bond donors (Lipinski definition) is 1. The molecule has 2 heterocycles. The number of aromatic nitrogens is 3. The molecule has 0 bridgehead atoms. The van der Waals surface area contributed by atoms with Crippen molar-refractivity contribution in [2.75, 3.05) is 11.9 Å². The number of rotatable bonds is 4. The van der Waals surface area contributed by atoms with Crippen molar-refractivity contribution in [3.8, 4) is 0 Å². The van der Waals surface area contributed by atoms with Crippen LogP contribution in [0.25, 0.3) is 5.65 Å². The van der Waals surface area contributed by atoms with Gasteiger partial charge in [0.15, 0.2) is 11.3 Å². The molecule has 2 aromatic heterocycles. The molecular formula is C24H30N4O2. The molecule has 158 valence electrons. The van der Waals surface area contributed by atoms with Gasteiger partial charge in [0.2, 0.25) is 0 Å². The van der Waals surface area contributed by atoms with Gasteiger partial charge in [-0.2, -0.15) is 9.61 Å². The Kier molecular flexibility index (Phi) is 5.04. The molecule has 0 radical (unpaired) electrons. The molecule has 0 spiro atoms. The van der Waals surface area contributed by atoms with E-state index in [9.17, 15) is 9.90 Å². The van der Waals surface area contributed by atoms with E-state index in [1.807, 2.05) is 7.05 Å². The van der Waals surface area contributed by atoms with E-state index in [4.69, 9.17) is 4.98 Å². The van der Waals surface area contributed by atoms with Crippen LogP contribution < -0.4 is 4.90 Å². The number of para-hydroxylation sites is 1. The molecule has 0 saturated heterocycles. The number of aryl methyl sites for hydroxylation is 2. The van der Waals surface area contributed by atoms with Crippen molar-refractivity contribution in [3.05, 3.63) is 52.8 Å². The Balaban J connectivity index is 1.85. The number of benzene rings is 1. The van der Waals surface area contributed by atoms with Crippen molar-refractivity contribution >= 4 is 23.1 Å². The summed E-state index contributed by atoms with van der Waals surface area (Å²) in [7, 11) is 2.01. The maximum Gasteiger partial charge on any atom is 0.356 e. The highest BCUT2D eigenvalue weighted by Crippen LogP contribution is 2.43. The minimum absolute atomic E-state index is 0.0144. The van der Waals surface area contributed by atoms with E-state index >= 15 is 0 Å². The SMILES string of the molecule is Cc1cccc(C)c1N(C)c1cc(C2CCC(C)(C)CC2)nc2cc(C(=O)O)nn12. The first-order valence-corrected chi connectivity index (χ1v) is 10.6. The topological polar surface area (TPSA) is 70.7 Å². The summed E-state index contributed by atoms with van der Waals surface area (Å²) >= 11 is 0. The first-order chi connectivity index (χ1) is 14.2. The zero-order valence-corrected chi connectivity index (χ0v) is 18.4. The molecule has 6 heteroatoms. The lowest BCUT2D eigenvalue weighted by Crippen LogP contribution is -2.22. The van der Waals surface area contributed by atoms with Gasteiger partial charge in [0.05, 0.1) is 0 Å². The summed E-state index contributed by atoms with van der Waals surface area (Å²) in [5.41, 5.74) is 5.44. The van der Waals surface area contributed by atoms with Crippen LogP contribution in [0, 0.1) is 19.3 Å². The zero-order valence-electron chi connectivity index (χ0n) is 18.4. The molecule has 1 aromatic carbocycles. The van der Waals surface area contributed by atoms with Gasteiger partial charge in [-0.3, -0.25) is 0 Å². The van der Waals surface area contributed by atoms with Crippen LogP contribution in [0.2, 0.25) is 0 Å². The predicted octanol–water partition coefficient (Wildman–Crippen LogP) is 5.50. The van der Waals surface area contributed by atoms with Gasteiger partial charge in [0.1, 0.15) is 5.82 Å². The third kappa shape index (κ3) is 3.66. The largest absolute Gasteiger partial charge is 0.476 e. The van der Waals surface area contributed by atoms with Crippen LogP contribution in [0.15, 0.2) is 30.3 Å². The summed E-state index contributed by atoms with van der Waals surface area (Å²) in [5.74, 6) is 0.184. The molecule has 1 aliphatic carbocycles. The lowest BCUT2D eigenvalue weighted by molar-refractivity contribution is 0.0690. The smallest absolute Gasteiger partial charge is 0.356 e. The molecule has 3 aromatic rings. The van der Waals surface area contributed by atoms with Gasteiger partial charge in [-0.1, -0.05) is 32.0 Å². The first kappa shape index (κ1) is 20.4. The van der Waals surface area contributed by atoms with Crippen molar-refractivity contribution in [2.45, 2.75) is 59.3 Å². The van der Waals surface area contributed by atoms with Gasteiger partial charge >= 0.3 is 5.97 Å². The molecule has 0 aliphatic heterocycles. The van der Waals surface area contributed by atoms with E-state index in [1.54, 1.807) is 10.6 Å². The Morgan fingerprint density at radius 1 is 1.17 bits per heavy atom. The third-order valence-corrected chi connectivity index (χ3v) is 6.52. The summed E-state index contributed by atoms with van der Waals surface area (Å²) in [6.07, 6.45) is 4.55. The monoisotopic (exact) mass is 406 g/mol. The Morgan fingerprint density at radius 3 is 2.40 bits per heavy atom. The molecule has 0 unspecified atom stereocenters. The molecule has 4 rings (SSSR count). The Morgan fingerprint density at radius 2 is 1.80 bits per heavy atom. The fourth-order valence-corrected chi connectivity index (χ4v) is 4.67. The number of aromatic carboxylic acids is 1. The molecule has 0 amide bonds. The number of carboxylic acid groups (broad SMARTS) is 1. The van der Waals surface area contributed by atoms with Crippen LogP contribution in [-0.4, -0.2) is 32.7 Å². The third-order valence-electron chi connectivity index (χ3n) is 6.52. The molecule has 0 atom stereocenters. The summed E-state index contributed by atoms with van der Waals surface area (Å²) in [5, 5.41) is 13.8. The van der Waals surface area contributed by atoms with Crippen LogP contribution in [0.3, 0.4) is 0 Å². The van der Waals surface area contributed by atoms with Gasteiger partial charge < -0.3 is 10.0 Å². The van der Waals surface area contributed by atoms with E-state index in [0.29, 0.717) is 17.0 Å². The summed E-state index contributed by atoms with van der Waals surface area (Å²) in [6, 6.07) is 9.90.